The van der Waals surface area contributed by atoms with E-state index in [1.54, 1.807) is 48.5 Å². The monoisotopic (exact) mass is 361 g/mol. The second-order valence-corrected chi connectivity index (χ2v) is 5.79. The number of para-hydroxylation sites is 1. The van der Waals surface area contributed by atoms with Crippen molar-refractivity contribution in [2.24, 2.45) is 0 Å². The molecule has 0 aliphatic carbocycles. The number of nitrogens with one attached hydrogen (secondary N) is 1. The van der Waals surface area contributed by atoms with Gasteiger partial charge in [-0.05, 0) is 35.9 Å². The molecule has 0 radical (unpaired) electrons. The molecule has 3 aromatic carbocycles. The van der Waals surface area contributed by atoms with Crippen LogP contribution in [-0.4, -0.2) is 19.0 Å². The number of carbonyl (C=O) groups is 2. The largest absolute Gasteiger partial charge is 0.489 e. The van der Waals surface area contributed by atoms with Crippen molar-refractivity contribution in [1.82, 2.24) is 0 Å². The zero-order chi connectivity index (χ0) is 19.1. The highest BCUT2D eigenvalue weighted by Gasteiger charge is 2.14. The van der Waals surface area contributed by atoms with Crippen LogP contribution in [0.15, 0.2) is 78.9 Å². The minimum absolute atomic E-state index is 0.296. The second kappa shape index (κ2) is 8.67. The fourth-order valence-electron chi connectivity index (χ4n) is 2.54. The molecule has 0 spiro atoms. The molecule has 0 aliphatic heterocycles. The van der Waals surface area contributed by atoms with Gasteiger partial charge in [-0.2, -0.15) is 0 Å². The van der Waals surface area contributed by atoms with Crippen molar-refractivity contribution >= 4 is 17.6 Å². The van der Waals surface area contributed by atoms with Gasteiger partial charge in [0.05, 0.1) is 18.4 Å². The normalized spacial score (nSPS) is 10.1. The van der Waals surface area contributed by atoms with Crippen LogP contribution >= 0.6 is 0 Å². The summed E-state index contributed by atoms with van der Waals surface area (Å²) < 4.78 is 10.5. The summed E-state index contributed by atoms with van der Waals surface area (Å²) in [6.45, 7) is 0.414. The van der Waals surface area contributed by atoms with Crippen molar-refractivity contribution in [1.29, 1.82) is 0 Å². The van der Waals surface area contributed by atoms with Crippen LogP contribution in [-0.2, 0) is 11.3 Å². The number of hydrogen-bond donors (Lipinski definition) is 1. The Bertz CT molecular complexity index is 938. The Labute approximate surface area is 157 Å². The third-order valence-corrected chi connectivity index (χ3v) is 3.93. The molecule has 3 aromatic rings. The average molecular weight is 361 g/mol. The molecule has 1 N–H and O–H groups in total. The lowest BCUT2D eigenvalue weighted by Crippen LogP contribution is -2.15. The van der Waals surface area contributed by atoms with Gasteiger partial charge in [0.2, 0.25) is 0 Å². The molecule has 0 atom stereocenters. The molecular weight excluding hydrogens is 342 g/mol. The van der Waals surface area contributed by atoms with Crippen molar-refractivity contribution in [3.05, 3.63) is 95.6 Å². The minimum Gasteiger partial charge on any atom is -0.489 e. The Balaban J connectivity index is 1.72. The summed E-state index contributed by atoms with van der Waals surface area (Å²) in [4.78, 5) is 24.4. The third-order valence-electron chi connectivity index (χ3n) is 3.93. The molecule has 0 heterocycles. The molecule has 0 unspecified atom stereocenters. The molecule has 3 rings (SSSR count). The number of hydrogen-bond acceptors (Lipinski definition) is 4. The van der Waals surface area contributed by atoms with E-state index in [9.17, 15) is 9.59 Å². The summed E-state index contributed by atoms with van der Waals surface area (Å²) in [5.74, 6) is -0.255. The van der Waals surface area contributed by atoms with E-state index in [1.807, 2.05) is 30.3 Å². The van der Waals surface area contributed by atoms with E-state index in [0.29, 0.717) is 29.2 Å². The van der Waals surface area contributed by atoms with E-state index >= 15 is 0 Å². The van der Waals surface area contributed by atoms with E-state index in [1.165, 1.54) is 7.11 Å². The quantitative estimate of drug-likeness (QED) is 0.665. The fraction of sp³-hybridized carbons (Fsp3) is 0.0909. The molecule has 5 heteroatoms. The predicted octanol–water partition coefficient (Wildman–Crippen LogP) is 4.30. The van der Waals surface area contributed by atoms with Gasteiger partial charge >= 0.3 is 5.97 Å². The third kappa shape index (κ3) is 4.73. The molecule has 0 fully saturated rings. The van der Waals surface area contributed by atoms with E-state index < -0.39 is 5.97 Å². The van der Waals surface area contributed by atoms with Crippen LogP contribution in [0.3, 0.4) is 0 Å². The highest BCUT2D eigenvalue weighted by molar-refractivity contribution is 6.08. The van der Waals surface area contributed by atoms with Crippen LogP contribution in [0.1, 0.15) is 26.3 Å². The first-order valence-corrected chi connectivity index (χ1v) is 8.43. The van der Waals surface area contributed by atoms with Gasteiger partial charge < -0.3 is 14.8 Å². The highest BCUT2D eigenvalue weighted by Crippen LogP contribution is 2.19. The first kappa shape index (κ1) is 18.2. The smallest absolute Gasteiger partial charge is 0.339 e. The van der Waals surface area contributed by atoms with Crippen LogP contribution < -0.4 is 10.1 Å². The van der Waals surface area contributed by atoms with Crippen molar-refractivity contribution < 1.29 is 19.1 Å². The molecule has 0 bridgehead atoms. The summed E-state index contributed by atoms with van der Waals surface area (Å²) in [7, 11) is 1.30. The Morgan fingerprint density at radius 2 is 1.63 bits per heavy atom. The zero-order valence-electron chi connectivity index (χ0n) is 14.8. The molecule has 136 valence electrons. The minimum atomic E-state index is -0.508. The Morgan fingerprint density at radius 1 is 0.889 bits per heavy atom. The average Bonchev–Trinajstić information content (AvgIpc) is 2.73. The zero-order valence-corrected chi connectivity index (χ0v) is 14.8. The molecular formula is C22H19NO4. The van der Waals surface area contributed by atoms with Gasteiger partial charge in [-0.25, -0.2) is 4.79 Å². The van der Waals surface area contributed by atoms with Gasteiger partial charge in [0.15, 0.2) is 0 Å². The Kier molecular flexibility index (Phi) is 5.84. The molecule has 0 aliphatic rings. The SMILES string of the molecule is COC(=O)c1ccccc1NC(=O)c1cccc(OCc2ccccc2)c1. The van der Waals surface area contributed by atoms with Gasteiger partial charge in [-0.3, -0.25) is 4.79 Å². The van der Waals surface area contributed by atoms with Gasteiger partial charge in [-0.15, -0.1) is 0 Å². The molecule has 0 aromatic heterocycles. The Morgan fingerprint density at radius 3 is 2.41 bits per heavy atom. The number of carbonyl (C=O) groups excluding carboxylic acids is 2. The number of esters is 1. The molecule has 27 heavy (non-hydrogen) atoms. The van der Waals surface area contributed by atoms with Gasteiger partial charge in [0.25, 0.3) is 5.91 Å². The lowest BCUT2D eigenvalue weighted by molar-refractivity contribution is 0.0602. The molecule has 0 saturated carbocycles. The van der Waals surface area contributed by atoms with Crippen molar-refractivity contribution in [2.75, 3.05) is 12.4 Å². The van der Waals surface area contributed by atoms with E-state index in [0.717, 1.165) is 5.56 Å². The van der Waals surface area contributed by atoms with Crippen molar-refractivity contribution in [2.45, 2.75) is 6.61 Å². The van der Waals surface area contributed by atoms with Crippen molar-refractivity contribution in [3.63, 3.8) is 0 Å². The molecule has 5 nitrogen and oxygen atoms in total. The highest BCUT2D eigenvalue weighted by atomic mass is 16.5. The Hall–Kier alpha value is -3.60. The number of benzene rings is 3. The first-order valence-electron chi connectivity index (χ1n) is 8.43. The van der Waals surface area contributed by atoms with Gasteiger partial charge in [0.1, 0.15) is 12.4 Å². The van der Waals surface area contributed by atoms with Crippen LogP contribution in [0.4, 0.5) is 5.69 Å². The van der Waals surface area contributed by atoms with Crippen LogP contribution in [0.2, 0.25) is 0 Å². The standard InChI is InChI=1S/C22H19NO4/c1-26-22(25)19-12-5-6-13-20(19)23-21(24)17-10-7-11-18(14-17)27-15-16-8-3-2-4-9-16/h2-14H,15H2,1H3,(H,23,24). The lowest BCUT2D eigenvalue weighted by Gasteiger charge is -2.11. The van der Waals surface area contributed by atoms with Crippen LogP contribution in [0.5, 0.6) is 5.75 Å². The van der Waals surface area contributed by atoms with Crippen LogP contribution in [0, 0.1) is 0 Å². The number of ether oxygens (including phenoxy) is 2. The summed E-state index contributed by atoms with van der Waals surface area (Å²) in [5.41, 5.74) is 2.16. The summed E-state index contributed by atoms with van der Waals surface area (Å²) in [6, 6.07) is 23.4. The van der Waals surface area contributed by atoms with E-state index in [-0.39, 0.29) is 5.91 Å². The van der Waals surface area contributed by atoms with Gasteiger partial charge in [0, 0.05) is 5.56 Å². The van der Waals surface area contributed by atoms with Crippen molar-refractivity contribution in [3.8, 4) is 5.75 Å². The van der Waals surface area contributed by atoms with E-state index in [4.69, 9.17) is 9.47 Å². The van der Waals surface area contributed by atoms with Crippen LogP contribution in [0.25, 0.3) is 0 Å². The first-order chi connectivity index (χ1) is 13.2. The number of anilines is 1. The summed E-state index contributed by atoms with van der Waals surface area (Å²) in [6.07, 6.45) is 0. The van der Waals surface area contributed by atoms with Gasteiger partial charge in [-0.1, -0.05) is 48.5 Å². The number of rotatable bonds is 6. The number of methoxy groups -OCH3 is 1. The molecule has 1 amide bonds. The second-order valence-electron chi connectivity index (χ2n) is 5.79. The van der Waals surface area contributed by atoms with E-state index in [2.05, 4.69) is 5.32 Å². The molecule has 0 saturated heterocycles. The summed E-state index contributed by atoms with van der Waals surface area (Å²) >= 11 is 0. The summed E-state index contributed by atoms with van der Waals surface area (Å²) in [5, 5.41) is 2.75. The number of amides is 1. The topological polar surface area (TPSA) is 64.6 Å². The maximum absolute atomic E-state index is 12.6. The lowest BCUT2D eigenvalue weighted by atomic mass is 10.1. The predicted molar refractivity (Wildman–Crippen MR) is 103 cm³/mol. The fourth-order valence-corrected chi connectivity index (χ4v) is 2.54. The maximum Gasteiger partial charge on any atom is 0.339 e. The maximum atomic E-state index is 12.6.